The van der Waals surface area contributed by atoms with Crippen molar-refractivity contribution in [2.45, 2.75) is 40.2 Å². The fourth-order valence-electron chi connectivity index (χ4n) is 2.50. The van der Waals surface area contributed by atoms with E-state index in [1.807, 2.05) is 6.92 Å². The van der Waals surface area contributed by atoms with Crippen LogP contribution in [0.1, 0.15) is 39.5 Å². The summed E-state index contributed by atoms with van der Waals surface area (Å²) in [6, 6.07) is 10.6. The normalized spacial score (nSPS) is 12.5. The molecule has 2 aromatic rings. The van der Waals surface area contributed by atoms with E-state index in [9.17, 15) is 5.11 Å². The molecule has 0 radical (unpaired) electrons. The van der Waals surface area contributed by atoms with Crippen LogP contribution in [0, 0.1) is 27.7 Å². The molecule has 1 nitrogen and oxygen atoms in total. The van der Waals surface area contributed by atoms with Crippen molar-refractivity contribution in [2.75, 3.05) is 0 Å². The van der Waals surface area contributed by atoms with Gasteiger partial charge in [-0.2, -0.15) is 0 Å². The third kappa shape index (κ3) is 3.31. The van der Waals surface area contributed by atoms with E-state index in [4.69, 9.17) is 0 Å². The average molecular weight is 333 g/mol. The van der Waals surface area contributed by atoms with Crippen molar-refractivity contribution in [3.8, 4) is 0 Å². The fourth-order valence-corrected chi connectivity index (χ4v) is 2.96. The van der Waals surface area contributed by atoms with Crippen LogP contribution >= 0.6 is 15.9 Å². The molecule has 1 unspecified atom stereocenters. The van der Waals surface area contributed by atoms with Crippen LogP contribution in [0.4, 0.5) is 0 Å². The van der Waals surface area contributed by atoms with Gasteiger partial charge in [-0.1, -0.05) is 45.8 Å². The molecule has 0 amide bonds. The Morgan fingerprint density at radius 3 is 2.35 bits per heavy atom. The Labute approximate surface area is 129 Å². The van der Waals surface area contributed by atoms with Crippen LogP contribution in [-0.2, 0) is 6.42 Å². The molecule has 2 heteroatoms. The molecular formula is C18H21BrO. The number of aryl methyl sites for hydroxylation is 4. The molecule has 106 valence electrons. The monoisotopic (exact) mass is 332 g/mol. The Hall–Kier alpha value is -1.12. The summed E-state index contributed by atoms with van der Waals surface area (Å²) in [4.78, 5) is 0. The minimum atomic E-state index is -0.456. The van der Waals surface area contributed by atoms with Crippen LogP contribution in [0.3, 0.4) is 0 Å². The summed E-state index contributed by atoms with van der Waals surface area (Å²) < 4.78 is 1.10. The van der Waals surface area contributed by atoms with Gasteiger partial charge in [-0.25, -0.2) is 0 Å². The number of benzene rings is 2. The zero-order chi connectivity index (χ0) is 14.9. The lowest BCUT2D eigenvalue weighted by molar-refractivity contribution is 0.177. The summed E-state index contributed by atoms with van der Waals surface area (Å²) in [6.07, 6.45) is 0.206. The van der Waals surface area contributed by atoms with Gasteiger partial charge in [0.2, 0.25) is 0 Å². The second-order valence-electron chi connectivity index (χ2n) is 5.61. The molecule has 0 fully saturated rings. The predicted octanol–water partition coefficient (Wildman–Crippen LogP) is 4.96. The van der Waals surface area contributed by atoms with Crippen molar-refractivity contribution >= 4 is 15.9 Å². The van der Waals surface area contributed by atoms with E-state index in [0.29, 0.717) is 6.42 Å². The number of halogens is 1. The van der Waals surface area contributed by atoms with Crippen molar-refractivity contribution in [2.24, 2.45) is 0 Å². The summed E-state index contributed by atoms with van der Waals surface area (Å²) in [5.74, 6) is 0. The summed E-state index contributed by atoms with van der Waals surface area (Å²) in [6.45, 7) is 8.29. The molecule has 1 N–H and O–H groups in total. The lowest BCUT2D eigenvalue weighted by Gasteiger charge is -2.17. The predicted molar refractivity (Wildman–Crippen MR) is 88.2 cm³/mol. The molecule has 0 saturated heterocycles. The molecule has 2 rings (SSSR count). The minimum absolute atomic E-state index is 0.456. The van der Waals surface area contributed by atoms with E-state index in [1.54, 1.807) is 0 Å². The van der Waals surface area contributed by atoms with Gasteiger partial charge in [0.15, 0.2) is 0 Å². The standard InChI is InChI=1S/C18H21BrO/c1-11-5-6-12(2)15(7-11)10-18(20)16-8-14(4)17(19)9-13(16)3/h5-9,18,20H,10H2,1-4H3. The van der Waals surface area contributed by atoms with E-state index in [-0.39, 0.29) is 0 Å². The fraction of sp³-hybridized carbons (Fsp3) is 0.333. The first kappa shape index (κ1) is 15.3. The lowest BCUT2D eigenvalue weighted by Crippen LogP contribution is -2.06. The van der Waals surface area contributed by atoms with Gasteiger partial charge in [0.05, 0.1) is 6.10 Å². The molecule has 2 aromatic carbocycles. The van der Waals surface area contributed by atoms with Gasteiger partial charge in [-0.05, 0) is 61.6 Å². The van der Waals surface area contributed by atoms with Crippen molar-refractivity contribution in [1.29, 1.82) is 0 Å². The van der Waals surface area contributed by atoms with E-state index < -0.39 is 6.10 Å². The second kappa shape index (κ2) is 6.11. The van der Waals surface area contributed by atoms with Gasteiger partial charge >= 0.3 is 0 Å². The lowest BCUT2D eigenvalue weighted by atomic mass is 9.93. The first-order valence-electron chi connectivity index (χ1n) is 6.89. The summed E-state index contributed by atoms with van der Waals surface area (Å²) in [7, 11) is 0. The highest BCUT2D eigenvalue weighted by molar-refractivity contribution is 9.10. The third-order valence-electron chi connectivity index (χ3n) is 3.82. The Kier molecular flexibility index (Phi) is 4.66. The Morgan fingerprint density at radius 1 is 0.950 bits per heavy atom. The van der Waals surface area contributed by atoms with Gasteiger partial charge in [0.1, 0.15) is 0 Å². The molecule has 1 atom stereocenters. The molecule has 0 saturated carbocycles. The summed E-state index contributed by atoms with van der Waals surface area (Å²) >= 11 is 3.54. The molecular weight excluding hydrogens is 312 g/mol. The smallest absolute Gasteiger partial charge is 0.0833 e. The number of aliphatic hydroxyl groups is 1. The third-order valence-corrected chi connectivity index (χ3v) is 4.68. The summed E-state index contributed by atoms with van der Waals surface area (Å²) in [5, 5.41) is 10.6. The van der Waals surface area contributed by atoms with E-state index in [2.05, 4.69) is 67.0 Å². The molecule has 0 aliphatic rings. The van der Waals surface area contributed by atoms with E-state index >= 15 is 0 Å². The highest BCUT2D eigenvalue weighted by Crippen LogP contribution is 2.28. The maximum atomic E-state index is 10.6. The molecule has 0 bridgehead atoms. The number of aliphatic hydroxyl groups excluding tert-OH is 1. The molecule has 0 aromatic heterocycles. The maximum absolute atomic E-state index is 10.6. The van der Waals surface area contributed by atoms with Crippen molar-refractivity contribution < 1.29 is 5.11 Å². The molecule has 20 heavy (non-hydrogen) atoms. The van der Waals surface area contributed by atoms with Crippen LogP contribution < -0.4 is 0 Å². The van der Waals surface area contributed by atoms with Crippen molar-refractivity contribution in [3.05, 3.63) is 68.2 Å². The largest absolute Gasteiger partial charge is 0.388 e. The van der Waals surface area contributed by atoms with Crippen LogP contribution in [0.25, 0.3) is 0 Å². The van der Waals surface area contributed by atoms with E-state index in [1.165, 1.54) is 16.7 Å². The maximum Gasteiger partial charge on any atom is 0.0833 e. The van der Waals surface area contributed by atoms with Crippen LogP contribution in [0.2, 0.25) is 0 Å². The molecule has 0 heterocycles. The Balaban J connectivity index is 2.30. The Bertz CT molecular complexity index is 632. The minimum Gasteiger partial charge on any atom is -0.388 e. The highest BCUT2D eigenvalue weighted by Gasteiger charge is 2.14. The molecule has 0 spiro atoms. The van der Waals surface area contributed by atoms with E-state index in [0.717, 1.165) is 21.2 Å². The highest BCUT2D eigenvalue weighted by atomic mass is 79.9. The van der Waals surface area contributed by atoms with Gasteiger partial charge in [0, 0.05) is 10.9 Å². The Morgan fingerprint density at radius 2 is 1.65 bits per heavy atom. The van der Waals surface area contributed by atoms with Crippen LogP contribution in [-0.4, -0.2) is 5.11 Å². The van der Waals surface area contributed by atoms with Gasteiger partial charge < -0.3 is 5.11 Å². The van der Waals surface area contributed by atoms with Crippen molar-refractivity contribution in [1.82, 2.24) is 0 Å². The average Bonchev–Trinajstić information content (AvgIpc) is 2.38. The quantitative estimate of drug-likeness (QED) is 0.842. The zero-order valence-electron chi connectivity index (χ0n) is 12.5. The zero-order valence-corrected chi connectivity index (χ0v) is 14.1. The number of hydrogen-bond acceptors (Lipinski definition) is 1. The van der Waals surface area contributed by atoms with Gasteiger partial charge in [0.25, 0.3) is 0 Å². The first-order valence-corrected chi connectivity index (χ1v) is 7.68. The second-order valence-corrected chi connectivity index (χ2v) is 6.46. The van der Waals surface area contributed by atoms with Crippen LogP contribution in [0.15, 0.2) is 34.8 Å². The topological polar surface area (TPSA) is 20.2 Å². The molecule has 0 aliphatic heterocycles. The van der Waals surface area contributed by atoms with Crippen LogP contribution in [0.5, 0.6) is 0 Å². The number of rotatable bonds is 3. The first-order chi connectivity index (χ1) is 9.38. The number of hydrogen-bond donors (Lipinski definition) is 1. The SMILES string of the molecule is Cc1ccc(C)c(CC(O)c2cc(C)c(Br)cc2C)c1. The molecule has 0 aliphatic carbocycles. The van der Waals surface area contributed by atoms with Gasteiger partial charge in [-0.15, -0.1) is 0 Å². The van der Waals surface area contributed by atoms with Gasteiger partial charge in [-0.3, -0.25) is 0 Å². The van der Waals surface area contributed by atoms with Crippen molar-refractivity contribution in [3.63, 3.8) is 0 Å². The summed E-state index contributed by atoms with van der Waals surface area (Å²) in [5.41, 5.74) is 7.00.